The minimum absolute atomic E-state index is 0.0438. The molecule has 9 nitrogen and oxygen atoms in total. The van der Waals surface area contributed by atoms with E-state index < -0.39 is 28.6 Å². The molecule has 0 spiro atoms. The Balaban J connectivity index is 2.56. The molecule has 11 heteroatoms. The lowest BCUT2D eigenvalue weighted by atomic mass is 10.00. The lowest BCUT2D eigenvalue weighted by Crippen LogP contribution is -2.40. The summed E-state index contributed by atoms with van der Waals surface area (Å²) in [6.45, 7) is 6.08. The maximum atomic E-state index is 12.8. The number of esters is 1. The summed E-state index contributed by atoms with van der Waals surface area (Å²) in [7, 11) is 1.18. The molecule has 1 atom stereocenters. The minimum atomic E-state index is -0.719. The van der Waals surface area contributed by atoms with Crippen LogP contribution in [0.4, 0.5) is 10.5 Å². The largest absolute Gasteiger partial charge is 0.469 e. The quantitative estimate of drug-likeness (QED) is 0.313. The van der Waals surface area contributed by atoms with E-state index in [4.69, 9.17) is 21.1 Å². The molecule has 1 aliphatic heterocycles. The van der Waals surface area contributed by atoms with Crippen molar-refractivity contribution in [3.63, 3.8) is 0 Å². The molecule has 0 N–H and O–H groups in total. The van der Waals surface area contributed by atoms with Crippen LogP contribution in [0.15, 0.2) is 11.0 Å². The van der Waals surface area contributed by atoms with Crippen molar-refractivity contribution in [2.45, 2.75) is 50.2 Å². The molecule has 1 unspecified atom stereocenters. The number of hydrogen-bond donors (Lipinski definition) is 1. The van der Waals surface area contributed by atoms with Crippen LogP contribution in [0.1, 0.15) is 44.4 Å². The fraction of sp³-hybridized carbons (Fsp3) is 0.579. The van der Waals surface area contributed by atoms with Gasteiger partial charge in [-0.25, -0.2) is 4.79 Å². The lowest BCUT2D eigenvalue weighted by molar-refractivity contribution is -0.385. The van der Waals surface area contributed by atoms with Crippen molar-refractivity contribution in [1.82, 2.24) is 4.90 Å². The van der Waals surface area contributed by atoms with Crippen molar-refractivity contribution in [3.8, 4) is 0 Å². The summed E-state index contributed by atoms with van der Waals surface area (Å²) < 4.78 is 15.7. The van der Waals surface area contributed by atoms with Gasteiger partial charge in [0.05, 0.1) is 41.7 Å². The standard InChI is InChI=1S/C19H25ClN2O7S/c1-19(2,3)29-18(24)21-6-5-7-28-10-14(21)11-8-13(22(25)26)12(9-15(23)27-4)17(30)16(11)20/h8,14,30H,5-7,9-10H2,1-4H3. The Bertz CT molecular complexity index is 841. The van der Waals surface area contributed by atoms with Crippen LogP contribution in [0.2, 0.25) is 5.02 Å². The van der Waals surface area contributed by atoms with Crippen LogP contribution in [0, 0.1) is 10.1 Å². The number of nitrogens with zero attached hydrogens (tertiary/aromatic N) is 2. The van der Waals surface area contributed by atoms with E-state index in [1.807, 2.05) is 0 Å². The Hall–Kier alpha value is -2.04. The SMILES string of the molecule is COC(=O)Cc1c([N+](=O)[O-])cc(C2COCCCN2C(=O)OC(C)(C)C)c(Cl)c1S. The number of hydrogen-bond acceptors (Lipinski definition) is 8. The Kier molecular flexibility index (Phi) is 7.95. The molecule has 1 saturated heterocycles. The smallest absolute Gasteiger partial charge is 0.410 e. The van der Waals surface area contributed by atoms with Crippen molar-refractivity contribution >= 4 is 42.0 Å². The van der Waals surface area contributed by atoms with E-state index in [0.29, 0.717) is 25.1 Å². The predicted octanol–water partition coefficient (Wildman–Crippen LogP) is 3.95. The van der Waals surface area contributed by atoms with Crippen LogP contribution >= 0.6 is 24.2 Å². The highest BCUT2D eigenvalue weighted by molar-refractivity contribution is 7.80. The van der Waals surface area contributed by atoms with Gasteiger partial charge in [0.1, 0.15) is 5.60 Å². The number of thiol groups is 1. The maximum absolute atomic E-state index is 12.8. The first-order chi connectivity index (χ1) is 14.0. The van der Waals surface area contributed by atoms with Crippen LogP contribution in [0.3, 0.4) is 0 Å². The molecule has 30 heavy (non-hydrogen) atoms. The van der Waals surface area contributed by atoms with Gasteiger partial charge in [-0.2, -0.15) is 0 Å². The van der Waals surface area contributed by atoms with Crippen LogP contribution in [-0.2, 0) is 25.4 Å². The van der Waals surface area contributed by atoms with E-state index in [9.17, 15) is 19.7 Å². The van der Waals surface area contributed by atoms with Gasteiger partial charge in [0, 0.05) is 29.7 Å². The summed E-state index contributed by atoms with van der Waals surface area (Å²) in [6, 6.07) is 0.545. The van der Waals surface area contributed by atoms with Crippen LogP contribution < -0.4 is 0 Å². The number of halogens is 1. The first kappa shape index (κ1) is 24.2. The zero-order chi connectivity index (χ0) is 22.6. The van der Waals surface area contributed by atoms with E-state index in [1.54, 1.807) is 20.8 Å². The molecule has 1 fully saturated rings. The minimum Gasteiger partial charge on any atom is -0.469 e. The Labute approximate surface area is 185 Å². The zero-order valence-corrected chi connectivity index (χ0v) is 18.9. The molecule has 0 aromatic heterocycles. The van der Waals surface area contributed by atoms with Gasteiger partial charge in [0.15, 0.2) is 0 Å². The fourth-order valence-electron chi connectivity index (χ4n) is 3.06. The van der Waals surface area contributed by atoms with Crippen molar-refractivity contribution < 1.29 is 28.7 Å². The zero-order valence-electron chi connectivity index (χ0n) is 17.3. The average Bonchev–Trinajstić information content (AvgIpc) is 2.90. The highest BCUT2D eigenvalue weighted by Gasteiger charge is 2.35. The molecule has 1 amide bonds. The van der Waals surface area contributed by atoms with Gasteiger partial charge in [0.2, 0.25) is 0 Å². The number of benzene rings is 1. The Morgan fingerprint density at radius 2 is 2.10 bits per heavy atom. The first-order valence-electron chi connectivity index (χ1n) is 9.29. The number of nitro groups is 1. The summed E-state index contributed by atoms with van der Waals surface area (Å²) in [5.74, 6) is -0.662. The summed E-state index contributed by atoms with van der Waals surface area (Å²) >= 11 is 10.8. The van der Waals surface area contributed by atoms with Crippen molar-refractivity contribution in [3.05, 3.63) is 32.3 Å². The van der Waals surface area contributed by atoms with E-state index in [-0.39, 0.29) is 34.2 Å². The molecule has 0 saturated carbocycles. The van der Waals surface area contributed by atoms with E-state index in [1.165, 1.54) is 18.1 Å². The lowest BCUT2D eigenvalue weighted by Gasteiger charge is -2.32. The van der Waals surface area contributed by atoms with Gasteiger partial charge in [-0.3, -0.25) is 19.8 Å². The van der Waals surface area contributed by atoms with E-state index in [0.717, 1.165) is 0 Å². The normalized spacial score (nSPS) is 17.3. The maximum Gasteiger partial charge on any atom is 0.410 e. The number of carbonyl (C=O) groups is 2. The fourth-order valence-corrected chi connectivity index (χ4v) is 3.68. The van der Waals surface area contributed by atoms with Crippen molar-refractivity contribution in [2.24, 2.45) is 0 Å². The number of amides is 1. The van der Waals surface area contributed by atoms with Gasteiger partial charge in [-0.05, 0) is 27.2 Å². The van der Waals surface area contributed by atoms with Gasteiger partial charge >= 0.3 is 12.1 Å². The molecular weight excluding hydrogens is 436 g/mol. The Morgan fingerprint density at radius 3 is 2.67 bits per heavy atom. The van der Waals surface area contributed by atoms with Crippen LogP contribution in [0.5, 0.6) is 0 Å². The van der Waals surface area contributed by atoms with Crippen molar-refractivity contribution in [1.29, 1.82) is 0 Å². The average molecular weight is 461 g/mol. The number of nitro benzene ring substituents is 1. The Morgan fingerprint density at radius 1 is 1.43 bits per heavy atom. The molecule has 0 bridgehead atoms. The molecule has 0 aliphatic carbocycles. The second kappa shape index (κ2) is 9.84. The first-order valence-corrected chi connectivity index (χ1v) is 10.1. The second-order valence-corrected chi connectivity index (χ2v) is 8.58. The molecule has 1 aliphatic rings. The third kappa shape index (κ3) is 5.77. The molecular formula is C19H25ClN2O7S. The van der Waals surface area contributed by atoms with Gasteiger partial charge in [-0.1, -0.05) is 11.6 Å². The molecule has 0 radical (unpaired) electrons. The number of carbonyl (C=O) groups excluding carboxylic acids is 2. The van der Waals surface area contributed by atoms with E-state index >= 15 is 0 Å². The van der Waals surface area contributed by atoms with E-state index in [2.05, 4.69) is 17.4 Å². The number of ether oxygens (including phenoxy) is 3. The molecule has 1 aromatic carbocycles. The summed E-state index contributed by atoms with van der Waals surface area (Å²) in [5, 5.41) is 11.8. The van der Waals surface area contributed by atoms with Gasteiger partial charge in [-0.15, -0.1) is 12.6 Å². The van der Waals surface area contributed by atoms with Crippen LogP contribution in [-0.4, -0.2) is 54.4 Å². The van der Waals surface area contributed by atoms with Crippen molar-refractivity contribution in [2.75, 3.05) is 26.9 Å². The highest BCUT2D eigenvalue weighted by Crippen LogP contribution is 2.40. The third-order valence-corrected chi connectivity index (χ3v) is 5.45. The summed E-state index contributed by atoms with van der Waals surface area (Å²) in [4.78, 5) is 37.1. The highest BCUT2D eigenvalue weighted by atomic mass is 35.5. The monoisotopic (exact) mass is 460 g/mol. The molecule has 166 valence electrons. The summed E-state index contributed by atoms with van der Waals surface area (Å²) in [6.07, 6.45) is -0.359. The predicted molar refractivity (Wildman–Crippen MR) is 112 cm³/mol. The molecule has 1 aromatic rings. The van der Waals surface area contributed by atoms with Gasteiger partial charge in [0.25, 0.3) is 5.69 Å². The topological polar surface area (TPSA) is 108 Å². The van der Waals surface area contributed by atoms with Gasteiger partial charge < -0.3 is 14.2 Å². The second-order valence-electron chi connectivity index (χ2n) is 7.75. The molecule has 1 heterocycles. The number of methoxy groups -OCH3 is 1. The summed E-state index contributed by atoms with van der Waals surface area (Å²) in [5.41, 5.74) is -0.709. The van der Waals surface area contributed by atoms with Crippen LogP contribution in [0.25, 0.3) is 0 Å². The third-order valence-electron chi connectivity index (χ3n) is 4.42. The molecule has 2 rings (SSSR count). The number of rotatable bonds is 4.